The fraction of sp³-hybridized carbons (Fsp3) is 0.900. The zero-order valence-corrected chi connectivity index (χ0v) is 9.00. The van der Waals surface area contributed by atoms with Crippen molar-refractivity contribution in [3.63, 3.8) is 0 Å². The van der Waals surface area contributed by atoms with Crippen LogP contribution in [0.5, 0.6) is 0 Å². The van der Waals surface area contributed by atoms with Gasteiger partial charge in [0.25, 0.3) is 0 Å². The average Bonchev–Trinajstić information content (AvgIpc) is 2.65. The first kappa shape index (κ1) is 9.92. The van der Waals surface area contributed by atoms with E-state index in [0.29, 0.717) is 10.2 Å². The van der Waals surface area contributed by atoms with Crippen molar-refractivity contribution in [1.29, 1.82) is 5.26 Å². The smallest absolute Gasteiger partial charge is 0.0627 e. The summed E-state index contributed by atoms with van der Waals surface area (Å²) < 4.78 is 0.352. The van der Waals surface area contributed by atoms with Crippen molar-refractivity contribution in [2.75, 3.05) is 5.75 Å². The normalized spacial score (nSPS) is 20.2. The number of rotatable bonds is 3. The first-order valence-corrected chi connectivity index (χ1v) is 5.47. The molecule has 68 valence electrons. The minimum absolute atomic E-state index is 0.352. The summed E-state index contributed by atoms with van der Waals surface area (Å²) in [5.74, 6) is 1.17. The van der Waals surface area contributed by atoms with Crippen LogP contribution in [-0.2, 0) is 0 Å². The summed E-state index contributed by atoms with van der Waals surface area (Å²) in [6.45, 7) is 6.71. The highest BCUT2D eigenvalue weighted by Crippen LogP contribution is 2.52. The van der Waals surface area contributed by atoms with Gasteiger partial charge in [0.05, 0.1) is 6.07 Å². The molecule has 0 unspecified atom stereocenters. The number of nitrogens with zero attached hydrogens (tertiary/aromatic N) is 1. The summed E-state index contributed by atoms with van der Waals surface area (Å²) >= 11 is 1.99. The zero-order valence-electron chi connectivity index (χ0n) is 8.18. The molecule has 0 aromatic heterocycles. The zero-order chi connectivity index (χ0) is 9.24. The summed E-state index contributed by atoms with van der Waals surface area (Å²) in [4.78, 5) is 0. The van der Waals surface area contributed by atoms with Crippen molar-refractivity contribution in [3.05, 3.63) is 0 Å². The van der Waals surface area contributed by atoms with Gasteiger partial charge in [0.15, 0.2) is 0 Å². The van der Waals surface area contributed by atoms with Crippen LogP contribution in [0.2, 0.25) is 0 Å². The van der Waals surface area contributed by atoms with E-state index < -0.39 is 0 Å². The van der Waals surface area contributed by atoms with E-state index in [0.717, 1.165) is 6.42 Å². The molecule has 1 nitrogen and oxygen atoms in total. The second-order valence-corrected chi connectivity index (χ2v) is 6.54. The molecule has 0 heterocycles. The number of hydrogen-bond donors (Lipinski definition) is 0. The molecule has 0 spiro atoms. The van der Waals surface area contributed by atoms with Crippen molar-refractivity contribution < 1.29 is 0 Å². The fourth-order valence-electron chi connectivity index (χ4n) is 1.09. The third kappa shape index (κ3) is 3.06. The highest BCUT2D eigenvalue weighted by atomic mass is 32.2. The second-order valence-electron chi connectivity index (χ2n) is 4.74. The summed E-state index contributed by atoms with van der Waals surface area (Å²) in [7, 11) is 0. The van der Waals surface area contributed by atoms with Gasteiger partial charge in [-0.05, 0) is 18.3 Å². The van der Waals surface area contributed by atoms with Gasteiger partial charge in [0.2, 0.25) is 0 Å². The van der Waals surface area contributed by atoms with Gasteiger partial charge < -0.3 is 0 Å². The molecule has 2 heteroatoms. The van der Waals surface area contributed by atoms with E-state index in [2.05, 4.69) is 26.8 Å². The highest BCUT2D eigenvalue weighted by molar-refractivity contribution is 8.00. The first-order valence-electron chi connectivity index (χ1n) is 4.48. The quantitative estimate of drug-likeness (QED) is 0.671. The molecule has 0 N–H and O–H groups in total. The molecule has 0 atom stereocenters. The van der Waals surface area contributed by atoms with Crippen LogP contribution in [0.3, 0.4) is 0 Å². The van der Waals surface area contributed by atoms with Gasteiger partial charge in [-0.2, -0.15) is 17.0 Å². The number of thioether (sulfide) groups is 1. The average molecular weight is 183 g/mol. The summed E-state index contributed by atoms with van der Waals surface area (Å²) in [5, 5.41) is 8.61. The number of nitriles is 1. The molecule has 0 radical (unpaired) electrons. The second kappa shape index (κ2) is 3.30. The molecule has 0 bridgehead atoms. The molecule has 0 aromatic rings. The fourth-order valence-corrected chi connectivity index (χ4v) is 2.22. The Morgan fingerprint density at radius 3 is 2.33 bits per heavy atom. The predicted molar refractivity (Wildman–Crippen MR) is 54.1 cm³/mol. The maximum absolute atomic E-state index is 8.61. The van der Waals surface area contributed by atoms with Crippen LogP contribution in [0.4, 0.5) is 0 Å². The lowest BCUT2D eigenvalue weighted by atomic mass is 10.1. The molecule has 1 aliphatic carbocycles. The van der Waals surface area contributed by atoms with Crippen LogP contribution in [0.15, 0.2) is 0 Å². The van der Waals surface area contributed by atoms with Gasteiger partial charge in [-0.1, -0.05) is 20.8 Å². The molecule has 0 aromatic carbocycles. The summed E-state index contributed by atoms with van der Waals surface area (Å²) in [6, 6.07) is 2.29. The van der Waals surface area contributed by atoms with Crippen molar-refractivity contribution in [1.82, 2.24) is 0 Å². The van der Waals surface area contributed by atoms with Crippen molar-refractivity contribution in [3.8, 4) is 6.07 Å². The molecule has 0 amide bonds. The van der Waals surface area contributed by atoms with Gasteiger partial charge in [-0.25, -0.2) is 0 Å². The Kier molecular flexibility index (Phi) is 2.73. The molecule has 1 aliphatic rings. The third-order valence-corrected chi connectivity index (χ3v) is 3.85. The van der Waals surface area contributed by atoms with Gasteiger partial charge in [0.1, 0.15) is 0 Å². The highest BCUT2D eigenvalue weighted by Gasteiger charge is 2.42. The van der Waals surface area contributed by atoms with Crippen LogP contribution in [-0.4, -0.2) is 10.5 Å². The minimum Gasteiger partial charge on any atom is -0.198 e. The lowest BCUT2D eigenvalue weighted by Crippen LogP contribution is -2.13. The van der Waals surface area contributed by atoms with Crippen LogP contribution in [0.25, 0.3) is 0 Å². The standard InChI is InChI=1S/C10H17NS/c1-9(2,3)12-8-10(4-5-10)6-7-11/h4-6,8H2,1-3H3. The molecule has 0 aliphatic heterocycles. The van der Waals surface area contributed by atoms with E-state index in [1.54, 1.807) is 0 Å². The lowest BCUT2D eigenvalue weighted by Gasteiger charge is -2.20. The van der Waals surface area contributed by atoms with Crippen molar-refractivity contribution in [2.45, 2.75) is 44.8 Å². The third-order valence-electron chi connectivity index (χ3n) is 2.22. The Hall–Kier alpha value is -0.160. The van der Waals surface area contributed by atoms with E-state index in [1.807, 2.05) is 11.8 Å². The van der Waals surface area contributed by atoms with Crippen molar-refractivity contribution in [2.24, 2.45) is 5.41 Å². The van der Waals surface area contributed by atoms with Crippen LogP contribution >= 0.6 is 11.8 Å². The minimum atomic E-state index is 0.352. The molecule has 0 saturated heterocycles. The SMILES string of the molecule is CC(C)(C)SCC1(CC#N)CC1. The van der Waals surface area contributed by atoms with Gasteiger partial charge in [-0.15, -0.1) is 0 Å². The topological polar surface area (TPSA) is 23.8 Å². The maximum atomic E-state index is 8.61. The molecule has 1 fully saturated rings. The molecule has 12 heavy (non-hydrogen) atoms. The van der Waals surface area contributed by atoms with E-state index in [-0.39, 0.29) is 0 Å². The molecular weight excluding hydrogens is 166 g/mol. The van der Waals surface area contributed by atoms with Crippen LogP contribution in [0, 0.1) is 16.7 Å². The van der Waals surface area contributed by atoms with E-state index in [9.17, 15) is 0 Å². The van der Waals surface area contributed by atoms with Crippen LogP contribution < -0.4 is 0 Å². The van der Waals surface area contributed by atoms with Gasteiger partial charge in [-0.3, -0.25) is 0 Å². The Bertz CT molecular complexity index is 193. The maximum Gasteiger partial charge on any atom is 0.0627 e. The Balaban J connectivity index is 2.28. The summed E-state index contributed by atoms with van der Waals surface area (Å²) in [6.07, 6.45) is 3.30. The monoisotopic (exact) mass is 183 g/mol. The molecular formula is C10H17NS. The van der Waals surface area contributed by atoms with E-state index in [1.165, 1.54) is 18.6 Å². The molecule has 1 saturated carbocycles. The Morgan fingerprint density at radius 2 is 2.00 bits per heavy atom. The predicted octanol–water partition coefficient (Wildman–Crippen LogP) is 3.21. The van der Waals surface area contributed by atoms with Gasteiger partial charge in [0, 0.05) is 16.9 Å². The summed E-state index contributed by atoms with van der Waals surface area (Å²) in [5.41, 5.74) is 0.409. The molecule has 1 rings (SSSR count). The largest absolute Gasteiger partial charge is 0.198 e. The van der Waals surface area contributed by atoms with E-state index in [4.69, 9.17) is 5.26 Å². The Labute approximate surface area is 79.5 Å². The van der Waals surface area contributed by atoms with Crippen molar-refractivity contribution >= 4 is 11.8 Å². The number of hydrogen-bond acceptors (Lipinski definition) is 2. The lowest BCUT2D eigenvalue weighted by molar-refractivity contribution is 0.599. The van der Waals surface area contributed by atoms with Crippen LogP contribution in [0.1, 0.15) is 40.0 Å². The van der Waals surface area contributed by atoms with Gasteiger partial charge >= 0.3 is 0 Å². The first-order chi connectivity index (χ1) is 5.47. The van der Waals surface area contributed by atoms with E-state index >= 15 is 0 Å². The Morgan fingerprint density at radius 1 is 1.42 bits per heavy atom.